The quantitative estimate of drug-likeness (QED) is 0.489. The first-order valence-corrected chi connectivity index (χ1v) is 10.4. The average Bonchev–Trinajstić information content (AvgIpc) is 2.98. The van der Waals surface area contributed by atoms with Gasteiger partial charge in [-0.3, -0.25) is 19.3 Å². The van der Waals surface area contributed by atoms with Crippen LogP contribution in [0.5, 0.6) is 5.75 Å². The number of nitrogens with one attached hydrogen (secondary N) is 1. The number of imide groups is 1. The zero-order chi connectivity index (χ0) is 21.7. The smallest absolute Gasteiger partial charge is 0.262 e. The van der Waals surface area contributed by atoms with E-state index in [4.69, 9.17) is 4.74 Å². The van der Waals surface area contributed by atoms with E-state index in [1.165, 1.54) is 0 Å². The molecule has 3 rings (SSSR count). The molecule has 0 aromatic heterocycles. The number of carbonyl (C=O) groups is 3. The Kier molecular flexibility index (Phi) is 6.87. The molecule has 1 heterocycles. The second-order valence-corrected chi connectivity index (χ2v) is 7.86. The van der Waals surface area contributed by atoms with Gasteiger partial charge in [-0.15, -0.1) is 0 Å². The summed E-state index contributed by atoms with van der Waals surface area (Å²) in [6, 6.07) is 13.0. The first kappa shape index (κ1) is 21.6. The van der Waals surface area contributed by atoms with E-state index in [-0.39, 0.29) is 5.92 Å². The lowest BCUT2D eigenvalue weighted by molar-refractivity contribution is -0.120. The van der Waals surface area contributed by atoms with Gasteiger partial charge in [0.15, 0.2) is 0 Å². The number of nitrogens with zero attached hydrogens (tertiary/aromatic N) is 1. The zero-order valence-corrected chi connectivity index (χ0v) is 17.7. The molecular formula is C24H28N2O4. The van der Waals surface area contributed by atoms with Crippen LogP contribution in [0, 0.1) is 5.92 Å². The molecule has 1 aliphatic rings. The van der Waals surface area contributed by atoms with Gasteiger partial charge in [-0.25, -0.2) is 0 Å². The van der Waals surface area contributed by atoms with Crippen LogP contribution in [-0.4, -0.2) is 35.3 Å². The molecule has 2 aromatic carbocycles. The van der Waals surface area contributed by atoms with Crippen molar-refractivity contribution in [3.05, 3.63) is 59.7 Å². The number of rotatable bonds is 9. The predicted octanol–water partition coefficient (Wildman–Crippen LogP) is 4.51. The maximum Gasteiger partial charge on any atom is 0.262 e. The van der Waals surface area contributed by atoms with Crippen LogP contribution >= 0.6 is 0 Å². The van der Waals surface area contributed by atoms with Gasteiger partial charge in [0.25, 0.3) is 11.8 Å². The molecule has 6 heteroatoms. The Bertz CT molecular complexity index is 903. The minimum atomic E-state index is -0.902. The van der Waals surface area contributed by atoms with E-state index in [9.17, 15) is 14.4 Å². The fourth-order valence-corrected chi connectivity index (χ4v) is 3.51. The van der Waals surface area contributed by atoms with E-state index < -0.39 is 23.8 Å². The van der Waals surface area contributed by atoms with Crippen molar-refractivity contribution in [2.24, 2.45) is 5.92 Å². The lowest BCUT2D eigenvalue weighted by Crippen LogP contribution is -2.48. The summed E-state index contributed by atoms with van der Waals surface area (Å²) in [4.78, 5) is 40.2. The van der Waals surface area contributed by atoms with Gasteiger partial charge in [-0.2, -0.15) is 0 Å². The molecule has 0 saturated carbocycles. The predicted molar refractivity (Wildman–Crippen MR) is 116 cm³/mol. The second-order valence-electron chi connectivity index (χ2n) is 7.86. The van der Waals surface area contributed by atoms with Gasteiger partial charge in [-0.05, 0) is 43.0 Å². The highest BCUT2D eigenvalue weighted by atomic mass is 16.5. The molecule has 3 amide bonds. The average molecular weight is 408 g/mol. The van der Waals surface area contributed by atoms with E-state index >= 15 is 0 Å². The molecule has 1 aliphatic heterocycles. The van der Waals surface area contributed by atoms with Crippen LogP contribution in [0.15, 0.2) is 48.5 Å². The first-order chi connectivity index (χ1) is 14.4. The number of carbonyl (C=O) groups excluding carboxylic acids is 3. The van der Waals surface area contributed by atoms with Gasteiger partial charge in [0.1, 0.15) is 11.8 Å². The van der Waals surface area contributed by atoms with E-state index in [0.717, 1.165) is 17.7 Å². The standard InChI is InChI=1S/C24H28N2O4/c1-4-5-14-30-21-13-9-8-12-19(21)25-22(27)20(15-16(2)3)26-23(28)17-10-6-7-11-18(17)24(26)29/h6-13,16,20H,4-5,14-15H2,1-3H3,(H,25,27). The van der Waals surface area contributed by atoms with Crippen LogP contribution in [0.25, 0.3) is 0 Å². The third-order valence-corrected chi connectivity index (χ3v) is 5.03. The highest BCUT2D eigenvalue weighted by Crippen LogP contribution is 2.29. The molecule has 0 aliphatic carbocycles. The van der Waals surface area contributed by atoms with Gasteiger partial charge < -0.3 is 10.1 Å². The number of para-hydroxylation sites is 2. The maximum absolute atomic E-state index is 13.2. The number of ether oxygens (including phenoxy) is 1. The molecule has 0 bridgehead atoms. The molecule has 30 heavy (non-hydrogen) atoms. The molecule has 0 fully saturated rings. The molecular weight excluding hydrogens is 380 g/mol. The van der Waals surface area contributed by atoms with Gasteiger partial charge >= 0.3 is 0 Å². The summed E-state index contributed by atoms with van der Waals surface area (Å²) in [6.45, 7) is 6.55. The van der Waals surface area contributed by atoms with Crippen LogP contribution in [0.3, 0.4) is 0 Å². The molecule has 2 aromatic rings. The lowest BCUT2D eigenvalue weighted by Gasteiger charge is -2.27. The monoisotopic (exact) mass is 408 g/mol. The highest BCUT2D eigenvalue weighted by molar-refractivity contribution is 6.23. The van der Waals surface area contributed by atoms with Crippen molar-refractivity contribution in [1.82, 2.24) is 4.90 Å². The number of anilines is 1. The van der Waals surface area contributed by atoms with E-state index in [1.54, 1.807) is 36.4 Å². The lowest BCUT2D eigenvalue weighted by atomic mass is 10.0. The van der Waals surface area contributed by atoms with Crippen LogP contribution < -0.4 is 10.1 Å². The van der Waals surface area contributed by atoms with Gasteiger partial charge in [0.05, 0.1) is 23.4 Å². The van der Waals surface area contributed by atoms with Crippen molar-refractivity contribution in [2.75, 3.05) is 11.9 Å². The summed E-state index contributed by atoms with van der Waals surface area (Å²) >= 11 is 0. The number of unbranched alkanes of at least 4 members (excludes halogenated alkanes) is 1. The summed E-state index contributed by atoms with van der Waals surface area (Å²) in [5, 5.41) is 2.88. The molecule has 158 valence electrons. The Morgan fingerprint density at radius 2 is 1.60 bits per heavy atom. The topological polar surface area (TPSA) is 75.7 Å². The summed E-state index contributed by atoms with van der Waals surface area (Å²) in [5.74, 6) is -0.566. The second kappa shape index (κ2) is 9.57. The largest absolute Gasteiger partial charge is 0.491 e. The van der Waals surface area contributed by atoms with E-state index in [1.807, 2.05) is 26.0 Å². The minimum absolute atomic E-state index is 0.112. The number of hydrogen-bond donors (Lipinski definition) is 1. The molecule has 0 spiro atoms. The van der Waals surface area contributed by atoms with Crippen LogP contribution in [-0.2, 0) is 4.79 Å². The zero-order valence-electron chi connectivity index (χ0n) is 17.7. The van der Waals surface area contributed by atoms with Gasteiger partial charge in [0.2, 0.25) is 5.91 Å². The van der Waals surface area contributed by atoms with Crippen molar-refractivity contribution in [2.45, 2.75) is 46.1 Å². The van der Waals surface area contributed by atoms with Gasteiger partial charge in [-0.1, -0.05) is 51.5 Å². The summed E-state index contributed by atoms with van der Waals surface area (Å²) in [5.41, 5.74) is 1.21. The van der Waals surface area contributed by atoms with Crippen LogP contribution in [0.4, 0.5) is 5.69 Å². The minimum Gasteiger partial charge on any atom is -0.491 e. The van der Waals surface area contributed by atoms with Crippen molar-refractivity contribution in [3.63, 3.8) is 0 Å². The third-order valence-electron chi connectivity index (χ3n) is 5.03. The number of benzene rings is 2. The molecule has 1 N–H and O–H groups in total. The molecule has 0 radical (unpaired) electrons. The fourth-order valence-electron chi connectivity index (χ4n) is 3.51. The first-order valence-electron chi connectivity index (χ1n) is 10.4. The third kappa shape index (κ3) is 4.53. The normalized spacial score (nSPS) is 14.1. The Labute approximate surface area is 177 Å². The van der Waals surface area contributed by atoms with Crippen LogP contribution in [0.2, 0.25) is 0 Å². The van der Waals surface area contributed by atoms with E-state index in [2.05, 4.69) is 12.2 Å². The molecule has 1 unspecified atom stereocenters. The Hall–Kier alpha value is -3.15. The Balaban J connectivity index is 1.85. The van der Waals surface area contributed by atoms with Crippen molar-refractivity contribution >= 4 is 23.4 Å². The molecule has 6 nitrogen and oxygen atoms in total. The number of fused-ring (bicyclic) bond motifs is 1. The maximum atomic E-state index is 13.2. The number of amides is 3. The van der Waals surface area contributed by atoms with E-state index in [0.29, 0.717) is 35.6 Å². The summed E-state index contributed by atoms with van der Waals surface area (Å²) in [6.07, 6.45) is 2.29. The SMILES string of the molecule is CCCCOc1ccccc1NC(=O)C(CC(C)C)N1C(=O)c2ccccc2C1=O. The van der Waals surface area contributed by atoms with Crippen molar-refractivity contribution < 1.29 is 19.1 Å². The van der Waals surface area contributed by atoms with Crippen molar-refractivity contribution in [1.29, 1.82) is 0 Å². The summed E-state index contributed by atoms with van der Waals surface area (Å²) in [7, 11) is 0. The van der Waals surface area contributed by atoms with Crippen molar-refractivity contribution in [3.8, 4) is 5.75 Å². The molecule has 1 atom stereocenters. The van der Waals surface area contributed by atoms with Gasteiger partial charge in [0, 0.05) is 0 Å². The Morgan fingerprint density at radius 1 is 1.00 bits per heavy atom. The summed E-state index contributed by atoms with van der Waals surface area (Å²) < 4.78 is 5.80. The Morgan fingerprint density at radius 3 is 2.20 bits per heavy atom. The molecule has 0 saturated heterocycles. The number of hydrogen-bond acceptors (Lipinski definition) is 4. The fraction of sp³-hybridized carbons (Fsp3) is 0.375. The highest BCUT2D eigenvalue weighted by Gasteiger charge is 2.42. The van der Waals surface area contributed by atoms with Crippen LogP contribution in [0.1, 0.15) is 60.7 Å².